The Morgan fingerprint density at radius 1 is 1.15 bits per heavy atom. The number of benzene rings is 1. The van der Waals surface area contributed by atoms with Crippen LogP contribution in [0.15, 0.2) is 17.0 Å². The van der Waals surface area contributed by atoms with Gasteiger partial charge in [-0.25, -0.2) is 8.42 Å². The lowest BCUT2D eigenvalue weighted by molar-refractivity contribution is -0.144. The van der Waals surface area contributed by atoms with Gasteiger partial charge in [0.05, 0.1) is 10.6 Å². The summed E-state index contributed by atoms with van der Waals surface area (Å²) in [6.45, 7) is 3.58. The van der Waals surface area contributed by atoms with E-state index >= 15 is 0 Å². The molecule has 0 aliphatic carbocycles. The minimum atomic E-state index is -4.73. The van der Waals surface area contributed by atoms with Gasteiger partial charge in [0.25, 0.3) is 14.9 Å². The molecule has 26 heavy (non-hydrogen) atoms. The Kier molecular flexibility index (Phi) is 5.57. The van der Waals surface area contributed by atoms with Gasteiger partial charge in [0.2, 0.25) is 5.95 Å². The normalized spacial score (nSPS) is 12.5. The Morgan fingerprint density at radius 3 is 2.15 bits per heavy atom. The van der Waals surface area contributed by atoms with Crippen molar-refractivity contribution in [2.24, 2.45) is 0 Å². The summed E-state index contributed by atoms with van der Waals surface area (Å²) in [7, 11) is 4.47. The summed E-state index contributed by atoms with van der Waals surface area (Å²) in [5, 5.41) is 3.56. The molecular weight excluding hydrogens is 393 g/mol. The number of halogens is 4. The predicted octanol–water partition coefficient (Wildman–Crippen LogP) is 3.40. The monoisotopic (exact) mass is 410 g/mol. The number of hydrogen-bond acceptors (Lipinski definition) is 5. The Morgan fingerprint density at radius 2 is 1.73 bits per heavy atom. The average molecular weight is 411 g/mol. The smallest absolute Gasteiger partial charge is 0.347 e. The molecule has 0 aliphatic heterocycles. The zero-order chi connectivity index (χ0) is 19.9. The SMILES string of the molecule is CCc1cc(CC)c(S(=O)(=O)Cl)cc1-n1nc(C(F)(F)F)nc1N(C)C. The van der Waals surface area contributed by atoms with Gasteiger partial charge < -0.3 is 4.90 Å². The molecular formula is C15H18ClF3N4O2S. The minimum Gasteiger partial charge on any atom is -0.347 e. The average Bonchev–Trinajstić information content (AvgIpc) is 2.98. The van der Waals surface area contributed by atoms with Crippen LogP contribution in [0.5, 0.6) is 0 Å². The van der Waals surface area contributed by atoms with Gasteiger partial charge in [-0.3, -0.25) is 0 Å². The lowest BCUT2D eigenvalue weighted by Crippen LogP contribution is -2.16. The highest BCUT2D eigenvalue weighted by Gasteiger charge is 2.38. The second-order valence-corrected chi connectivity index (χ2v) is 8.31. The highest BCUT2D eigenvalue weighted by Crippen LogP contribution is 2.32. The maximum atomic E-state index is 13.1. The number of alkyl halides is 3. The van der Waals surface area contributed by atoms with Crippen molar-refractivity contribution in [2.45, 2.75) is 37.8 Å². The summed E-state index contributed by atoms with van der Waals surface area (Å²) in [6, 6.07) is 2.88. The van der Waals surface area contributed by atoms with E-state index in [4.69, 9.17) is 10.7 Å². The fourth-order valence-electron chi connectivity index (χ4n) is 2.52. The molecule has 1 heterocycles. The number of aromatic nitrogens is 3. The Hall–Kier alpha value is -1.81. The first-order valence-corrected chi connectivity index (χ1v) is 10.0. The first-order chi connectivity index (χ1) is 11.9. The van der Waals surface area contributed by atoms with E-state index in [1.807, 2.05) is 6.92 Å². The molecule has 144 valence electrons. The lowest BCUT2D eigenvalue weighted by Gasteiger charge is -2.17. The van der Waals surface area contributed by atoms with Crippen LogP contribution in [-0.4, -0.2) is 37.3 Å². The van der Waals surface area contributed by atoms with E-state index in [1.54, 1.807) is 13.0 Å². The van der Waals surface area contributed by atoms with Crippen LogP contribution in [0.3, 0.4) is 0 Å². The second kappa shape index (κ2) is 7.07. The second-order valence-electron chi connectivity index (χ2n) is 5.77. The van der Waals surface area contributed by atoms with Gasteiger partial charge in [0.15, 0.2) is 0 Å². The van der Waals surface area contributed by atoms with E-state index in [9.17, 15) is 21.6 Å². The molecule has 2 aromatic rings. The molecule has 0 aliphatic rings. The van der Waals surface area contributed by atoms with Crippen LogP contribution >= 0.6 is 10.7 Å². The van der Waals surface area contributed by atoms with Crippen molar-refractivity contribution in [1.29, 1.82) is 0 Å². The van der Waals surface area contributed by atoms with E-state index in [1.165, 1.54) is 25.1 Å². The molecule has 0 bridgehead atoms. The van der Waals surface area contributed by atoms with Crippen LogP contribution in [0.25, 0.3) is 5.69 Å². The van der Waals surface area contributed by atoms with E-state index in [2.05, 4.69) is 10.1 Å². The van der Waals surface area contributed by atoms with Crippen molar-refractivity contribution in [3.05, 3.63) is 29.1 Å². The number of hydrogen-bond donors (Lipinski definition) is 0. The van der Waals surface area contributed by atoms with Crippen molar-refractivity contribution >= 4 is 25.7 Å². The topological polar surface area (TPSA) is 68.1 Å². The van der Waals surface area contributed by atoms with Crippen LogP contribution in [0.1, 0.15) is 30.8 Å². The van der Waals surface area contributed by atoms with Gasteiger partial charge in [-0.1, -0.05) is 19.9 Å². The Bertz CT molecular complexity index is 924. The molecule has 0 saturated heterocycles. The summed E-state index contributed by atoms with van der Waals surface area (Å²) in [4.78, 5) is 4.75. The summed E-state index contributed by atoms with van der Waals surface area (Å²) >= 11 is 0. The Labute approximate surface area is 154 Å². The van der Waals surface area contributed by atoms with Gasteiger partial charge in [-0.15, -0.1) is 5.10 Å². The van der Waals surface area contributed by atoms with Crippen molar-refractivity contribution in [3.63, 3.8) is 0 Å². The van der Waals surface area contributed by atoms with Crippen molar-refractivity contribution in [1.82, 2.24) is 14.8 Å². The zero-order valence-electron chi connectivity index (χ0n) is 14.6. The third-order valence-corrected chi connectivity index (χ3v) is 5.16. The molecule has 0 atom stereocenters. The molecule has 0 amide bonds. The molecule has 11 heteroatoms. The molecule has 6 nitrogen and oxygen atoms in total. The summed E-state index contributed by atoms with van der Waals surface area (Å²) < 4.78 is 64.0. The van der Waals surface area contributed by atoms with Crippen LogP contribution in [0.2, 0.25) is 0 Å². The summed E-state index contributed by atoms with van der Waals surface area (Å²) in [5.41, 5.74) is 1.31. The van der Waals surface area contributed by atoms with Gasteiger partial charge in [0.1, 0.15) is 0 Å². The van der Waals surface area contributed by atoms with Crippen molar-refractivity contribution in [3.8, 4) is 5.69 Å². The van der Waals surface area contributed by atoms with Gasteiger partial charge >= 0.3 is 6.18 Å². The maximum Gasteiger partial charge on any atom is 0.453 e. The molecule has 1 aromatic heterocycles. The first kappa shape index (κ1) is 20.5. The molecule has 1 aromatic carbocycles. The fourth-order valence-corrected chi connectivity index (χ4v) is 3.72. The molecule has 0 radical (unpaired) electrons. The van der Waals surface area contributed by atoms with Gasteiger partial charge in [0, 0.05) is 24.8 Å². The predicted molar refractivity (Wildman–Crippen MR) is 92.5 cm³/mol. The summed E-state index contributed by atoms with van der Waals surface area (Å²) in [5.74, 6) is -1.38. The maximum absolute atomic E-state index is 13.1. The number of rotatable bonds is 5. The molecule has 0 spiro atoms. The highest BCUT2D eigenvalue weighted by molar-refractivity contribution is 8.13. The van der Waals surface area contributed by atoms with Gasteiger partial charge in [-0.2, -0.15) is 22.8 Å². The molecule has 0 N–H and O–H groups in total. The van der Waals surface area contributed by atoms with E-state index < -0.39 is 21.1 Å². The van der Waals surface area contributed by atoms with Crippen molar-refractivity contribution in [2.75, 3.05) is 19.0 Å². The lowest BCUT2D eigenvalue weighted by atomic mass is 10.0. The number of nitrogens with zero attached hydrogens (tertiary/aromatic N) is 4. The molecule has 2 rings (SSSR count). The van der Waals surface area contributed by atoms with Crippen LogP contribution in [0, 0.1) is 0 Å². The third-order valence-electron chi connectivity index (χ3n) is 3.76. The summed E-state index contributed by atoms with van der Waals surface area (Å²) in [6.07, 6.45) is -3.87. The largest absolute Gasteiger partial charge is 0.453 e. The highest BCUT2D eigenvalue weighted by atomic mass is 35.7. The van der Waals surface area contributed by atoms with Crippen molar-refractivity contribution < 1.29 is 21.6 Å². The molecule has 0 saturated carbocycles. The zero-order valence-corrected chi connectivity index (χ0v) is 16.2. The van der Waals surface area contributed by atoms with Crippen LogP contribution < -0.4 is 4.90 Å². The van der Waals surface area contributed by atoms with Crippen LogP contribution in [-0.2, 0) is 28.1 Å². The minimum absolute atomic E-state index is 0.0748. The molecule has 0 fully saturated rings. The van der Waals surface area contributed by atoms with E-state index in [-0.39, 0.29) is 16.5 Å². The number of anilines is 1. The van der Waals surface area contributed by atoms with Crippen LogP contribution in [0.4, 0.5) is 19.1 Å². The first-order valence-electron chi connectivity index (χ1n) is 7.72. The third kappa shape index (κ3) is 3.96. The Balaban J connectivity index is 2.85. The quantitative estimate of drug-likeness (QED) is 0.706. The number of aryl methyl sites for hydroxylation is 2. The fraction of sp³-hybridized carbons (Fsp3) is 0.467. The molecule has 0 unspecified atom stereocenters. The van der Waals surface area contributed by atoms with E-state index in [0.717, 1.165) is 4.68 Å². The van der Waals surface area contributed by atoms with Gasteiger partial charge in [-0.05, 0) is 30.0 Å². The standard InChI is InChI=1S/C15H18ClF3N4O2S/c1-5-9-7-10(6-2)12(26(16,24)25)8-11(9)23-14(22(3)4)20-13(21-23)15(17,18)19/h7-8H,5-6H2,1-4H3. The van der Waals surface area contributed by atoms with E-state index in [0.29, 0.717) is 24.0 Å².